The highest BCUT2D eigenvalue weighted by Crippen LogP contribution is 2.47. The van der Waals surface area contributed by atoms with Gasteiger partial charge in [-0.2, -0.15) is 0 Å². The number of pyridine rings is 1. The van der Waals surface area contributed by atoms with Gasteiger partial charge in [0.25, 0.3) is 5.91 Å². The van der Waals surface area contributed by atoms with Crippen molar-refractivity contribution in [2.24, 2.45) is 0 Å². The Morgan fingerprint density at radius 3 is 2.59 bits per heavy atom. The predicted octanol–water partition coefficient (Wildman–Crippen LogP) is 2.94. The number of nitrogens with zero attached hydrogens (tertiary/aromatic N) is 3. The molecule has 3 aliphatic heterocycles. The number of hydrogen-bond donors (Lipinski definition) is 0. The zero-order chi connectivity index (χ0) is 22.3. The van der Waals surface area contributed by atoms with E-state index >= 15 is 0 Å². The summed E-state index contributed by atoms with van der Waals surface area (Å²) < 4.78 is 16.6. The molecule has 1 aromatic carbocycles. The minimum atomic E-state index is -0.759. The fraction of sp³-hybridized carbons (Fsp3) is 0.458. The second kappa shape index (κ2) is 8.09. The number of benzene rings is 1. The summed E-state index contributed by atoms with van der Waals surface area (Å²) in [6, 6.07) is 12.0. The van der Waals surface area contributed by atoms with Crippen LogP contribution in [0.4, 0.5) is 5.82 Å². The van der Waals surface area contributed by atoms with Crippen molar-refractivity contribution < 1.29 is 23.8 Å². The molecule has 8 heteroatoms. The molecule has 3 aliphatic rings. The highest BCUT2D eigenvalue weighted by molar-refractivity contribution is 5.92. The van der Waals surface area contributed by atoms with Gasteiger partial charge in [0.05, 0.1) is 20.3 Å². The summed E-state index contributed by atoms with van der Waals surface area (Å²) in [5, 5.41) is 0. The van der Waals surface area contributed by atoms with Crippen LogP contribution < -0.4 is 9.64 Å². The van der Waals surface area contributed by atoms with E-state index < -0.39 is 11.6 Å². The maximum Gasteiger partial charge on any atom is 0.343 e. The maximum absolute atomic E-state index is 13.5. The molecule has 1 spiro atoms. The van der Waals surface area contributed by atoms with Gasteiger partial charge in [0, 0.05) is 38.2 Å². The maximum atomic E-state index is 13.5. The Morgan fingerprint density at radius 1 is 1.16 bits per heavy atom. The first-order valence-corrected chi connectivity index (χ1v) is 11.0. The Bertz CT molecular complexity index is 1020. The van der Waals surface area contributed by atoms with Crippen molar-refractivity contribution in [2.45, 2.75) is 43.6 Å². The largest absolute Gasteiger partial charge is 0.496 e. The van der Waals surface area contributed by atoms with Crippen LogP contribution in [0, 0.1) is 0 Å². The fourth-order valence-electron chi connectivity index (χ4n) is 5.18. The number of amides is 1. The number of ether oxygens (including phenoxy) is 3. The quantitative estimate of drug-likeness (QED) is 0.681. The highest BCUT2D eigenvalue weighted by atomic mass is 16.6. The summed E-state index contributed by atoms with van der Waals surface area (Å²) in [5.74, 6) is 0.747. The van der Waals surface area contributed by atoms with Crippen LogP contribution in [0.2, 0.25) is 0 Å². The topological polar surface area (TPSA) is 81.2 Å². The van der Waals surface area contributed by atoms with Gasteiger partial charge in [-0.15, -0.1) is 0 Å². The van der Waals surface area contributed by atoms with Gasteiger partial charge in [0.1, 0.15) is 23.4 Å². The van der Waals surface area contributed by atoms with Gasteiger partial charge in [0.15, 0.2) is 5.60 Å². The summed E-state index contributed by atoms with van der Waals surface area (Å²) in [4.78, 5) is 33.9. The molecule has 0 radical (unpaired) electrons. The second-order valence-electron chi connectivity index (χ2n) is 8.50. The molecule has 4 heterocycles. The van der Waals surface area contributed by atoms with E-state index in [1.54, 1.807) is 6.07 Å². The molecular weight excluding hydrogens is 410 g/mol. The third-order valence-electron chi connectivity index (χ3n) is 6.88. The molecule has 2 aromatic rings. The highest BCUT2D eigenvalue weighted by Gasteiger charge is 2.58. The number of methoxy groups -OCH3 is 2. The zero-order valence-corrected chi connectivity index (χ0v) is 18.3. The first-order chi connectivity index (χ1) is 15.6. The van der Waals surface area contributed by atoms with E-state index in [4.69, 9.17) is 14.2 Å². The molecule has 3 fully saturated rings. The summed E-state index contributed by atoms with van der Waals surface area (Å²) in [5.41, 5.74) is 0.697. The Balaban J connectivity index is 1.31. The molecule has 2 atom stereocenters. The van der Waals surface area contributed by atoms with Crippen LogP contribution >= 0.6 is 0 Å². The Labute approximate surface area is 187 Å². The third kappa shape index (κ3) is 3.30. The molecule has 32 heavy (non-hydrogen) atoms. The minimum absolute atomic E-state index is 0.0860. The predicted molar refractivity (Wildman–Crippen MR) is 116 cm³/mol. The molecule has 0 aliphatic carbocycles. The van der Waals surface area contributed by atoms with Crippen LogP contribution in [0.1, 0.15) is 47.6 Å². The van der Waals surface area contributed by atoms with Gasteiger partial charge in [0.2, 0.25) is 0 Å². The number of hydrogen-bond acceptors (Lipinski definition) is 7. The summed E-state index contributed by atoms with van der Waals surface area (Å²) in [6.07, 6.45) is 4.33. The van der Waals surface area contributed by atoms with Crippen molar-refractivity contribution in [1.82, 2.24) is 9.88 Å². The Hall–Kier alpha value is -3.13. The van der Waals surface area contributed by atoms with Crippen LogP contribution in [0.25, 0.3) is 0 Å². The van der Waals surface area contributed by atoms with E-state index in [1.165, 1.54) is 26.0 Å². The number of aromatic nitrogens is 1. The van der Waals surface area contributed by atoms with E-state index in [9.17, 15) is 9.59 Å². The van der Waals surface area contributed by atoms with Crippen LogP contribution in [0.3, 0.4) is 0 Å². The zero-order valence-electron chi connectivity index (χ0n) is 18.3. The van der Waals surface area contributed by atoms with E-state index in [0.29, 0.717) is 37.5 Å². The van der Waals surface area contributed by atoms with E-state index in [0.717, 1.165) is 12.8 Å². The van der Waals surface area contributed by atoms with Crippen LogP contribution in [0.15, 0.2) is 42.6 Å². The second-order valence-corrected chi connectivity index (χ2v) is 8.50. The summed E-state index contributed by atoms with van der Waals surface area (Å²) >= 11 is 0. The van der Waals surface area contributed by atoms with Gasteiger partial charge in [-0.3, -0.25) is 4.79 Å². The van der Waals surface area contributed by atoms with Gasteiger partial charge < -0.3 is 24.0 Å². The van der Waals surface area contributed by atoms with E-state index in [-0.39, 0.29) is 23.7 Å². The molecule has 8 nitrogen and oxygen atoms in total. The molecule has 5 rings (SSSR count). The lowest BCUT2D eigenvalue weighted by Crippen LogP contribution is -2.50. The monoisotopic (exact) mass is 437 g/mol. The number of anilines is 1. The average Bonchev–Trinajstić information content (AvgIpc) is 3.37. The smallest absolute Gasteiger partial charge is 0.343 e. The lowest BCUT2D eigenvalue weighted by Gasteiger charge is -2.38. The average molecular weight is 437 g/mol. The van der Waals surface area contributed by atoms with Crippen molar-refractivity contribution in [3.63, 3.8) is 0 Å². The van der Waals surface area contributed by atoms with Crippen molar-refractivity contribution in [3.05, 3.63) is 53.7 Å². The molecule has 1 amide bonds. The van der Waals surface area contributed by atoms with Gasteiger partial charge in [-0.05, 0) is 18.4 Å². The molecule has 3 saturated heterocycles. The van der Waals surface area contributed by atoms with Crippen LogP contribution in [-0.4, -0.2) is 60.9 Å². The Kier molecular flexibility index (Phi) is 5.25. The number of carbonyl (C=O) groups is 2. The van der Waals surface area contributed by atoms with Crippen molar-refractivity contribution in [3.8, 4) is 5.75 Å². The van der Waals surface area contributed by atoms with Crippen LogP contribution in [-0.2, 0) is 14.3 Å². The summed E-state index contributed by atoms with van der Waals surface area (Å²) in [7, 11) is 2.84. The van der Waals surface area contributed by atoms with Gasteiger partial charge >= 0.3 is 5.97 Å². The van der Waals surface area contributed by atoms with Crippen LogP contribution in [0.5, 0.6) is 5.75 Å². The standard InChI is InChI=1S/C24H27N3O5/c1-30-19-14-20(25-15-17(19)22(28)31-2)26-12-10-24(11-13-26)23(29)27-18(8-9-21(27)32-24)16-6-4-3-5-7-16/h3-7,14-15,18,21H,8-13H2,1-2H3. The molecule has 0 bridgehead atoms. The Morgan fingerprint density at radius 2 is 1.91 bits per heavy atom. The van der Waals surface area contributed by atoms with Crippen molar-refractivity contribution in [1.29, 1.82) is 0 Å². The minimum Gasteiger partial charge on any atom is -0.496 e. The van der Waals surface area contributed by atoms with E-state index in [1.807, 2.05) is 23.1 Å². The first-order valence-electron chi connectivity index (χ1n) is 11.0. The SMILES string of the molecule is COC(=O)c1cnc(N2CCC3(CC2)OC2CCC(c4ccccc4)N2C3=O)cc1OC. The molecule has 1 aromatic heterocycles. The lowest BCUT2D eigenvalue weighted by atomic mass is 9.89. The molecular formula is C24H27N3O5. The third-order valence-corrected chi connectivity index (χ3v) is 6.88. The lowest BCUT2D eigenvalue weighted by molar-refractivity contribution is -0.140. The number of piperidine rings is 1. The summed E-state index contributed by atoms with van der Waals surface area (Å²) in [6.45, 7) is 1.27. The van der Waals surface area contributed by atoms with Gasteiger partial charge in [-0.25, -0.2) is 9.78 Å². The van der Waals surface area contributed by atoms with Crippen molar-refractivity contribution in [2.75, 3.05) is 32.2 Å². The number of fused-ring (bicyclic) bond motifs is 1. The van der Waals surface area contributed by atoms with E-state index in [2.05, 4.69) is 22.0 Å². The normalized spacial score (nSPS) is 24.0. The number of rotatable bonds is 4. The van der Waals surface area contributed by atoms with Gasteiger partial charge in [-0.1, -0.05) is 30.3 Å². The molecule has 168 valence electrons. The first kappa shape index (κ1) is 20.8. The molecule has 0 N–H and O–H groups in total. The fourth-order valence-corrected chi connectivity index (χ4v) is 5.18. The molecule has 0 saturated carbocycles. The molecule has 2 unspecified atom stereocenters. The number of esters is 1. The van der Waals surface area contributed by atoms with Crippen molar-refractivity contribution >= 4 is 17.7 Å². The number of carbonyl (C=O) groups excluding carboxylic acids is 2.